The molecular weight excluding hydrogens is 392 g/mol. The molecule has 0 amide bonds. The van der Waals surface area contributed by atoms with Crippen LogP contribution in [0.1, 0.15) is 13.3 Å². The fourth-order valence-electron chi connectivity index (χ4n) is 3.47. The number of aromatic nitrogens is 2. The van der Waals surface area contributed by atoms with Gasteiger partial charge in [-0.25, -0.2) is 12.4 Å². The highest BCUT2D eigenvalue weighted by Crippen LogP contribution is 2.31. The third kappa shape index (κ3) is 4.25. The molecule has 9 heteroatoms. The van der Waals surface area contributed by atoms with Gasteiger partial charge in [-0.1, -0.05) is 25.1 Å². The van der Waals surface area contributed by atoms with E-state index in [9.17, 15) is 8.42 Å². The molecule has 0 spiro atoms. The van der Waals surface area contributed by atoms with Gasteiger partial charge in [-0.05, 0) is 30.7 Å². The number of hydrogen-bond donors (Lipinski definition) is 2. The van der Waals surface area contributed by atoms with Crippen LogP contribution in [0.25, 0.3) is 11.0 Å². The van der Waals surface area contributed by atoms with Gasteiger partial charge in [0, 0.05) is 38.1 Å². The minimum Gasteiger partial charge on any atom is -0.483 e. The molecule has 154 valence electrons. The van der Waals surface area contributed by atoms with E-state index in [0.717, 1.165) is 37.3 Å². The summed E-state index contributed by atoms with van der Waals surface area (Å²) in [5, 5.41) is 10.4. The van der Waals surface area contributed by atoms with E-state index in [4.69, 9.17) is 9.90 Å². The van der Waals surface area contributed by atoms with Gasteiger partial charge in [-0.3, -0.25) is 9.78 Å². The Morgan fingerprint density at radius 2 is 1.97 bits per heavy atom. The second-order valence-electron chi connectivity index (χ2n) is 6.61. The molecule has 0 bridgehead atoms. The van der Waals surface area contributed by atoms with Crippen LogP contribution in [0.2, 0.25) is 0 Å². The fourth-order valence-corrected chi connectivity index (χ4v) is 4.84. The van der Waals surface area contributed by atoms with Crippen LogP contribution in [-0.2, 0) is 14.8 Å². The number of rotatable bonds is 4. The monoisotopic (exact) mass is 416 g/mol. The van der Waals surface area contributed by atoms with Gasteiger partial charge in [0.2, 0.25) is 0 Å². The van der Waals surface area contributed by atoms with E-state index < -0.39 is 10.0 Å². The van der Waals surface area contributed by atoms with Crippen LogP contribution >= 0.6 is 0 Å². The molecule has 3 aromatic rings. The van der Waals surface area contributed by atoms with Crippen molar-refractivity contribution in [1.82, 2.24) is 14.3 Å². The molecule has 3 heterocycles. The fraction of sp³-hybridized carbons (Fsp3) is 0.300. The number of nitrogens with zero attached hydrogens (tertiary/aromatic N) is 3. The number of anilines is 1. The topological polar surface area (TPSA) is 105 Å². The van der Waals surface area contributed by atoms with Crippen LogP contribution in [0.3, 0.4) is 0 Å². The summed E-state index contributed by atoms with van der Waals surface area (Å²) in [5.41, 5.74) is 2.21. The summed E-state index contributed by atoms with van der Waals surface area (Å²) < 4.78 is 27.7. The number of carbonyl (C=O) groups is 1. The summed E-state index contributed by atoms with van der Waals surface area (Å²) in [6.07, 6.45) is 4.47. The molecule has 2 N–H and O–H groups in total. The SMILES string of the molecule is CCC1CN(c2cn(S(=O)(=O)c3ccccc3)c3cccnc23)CCN1.O=CO. The minimum atomic E-state index is -3.67. The molecule has 0 radical (unpaired) electrons. The van der Waals surface area contributed by atoms with Crippen molar-refractivity contribution in [2.75, 3.05) is 24.5 Å². The van der Waals surface area contributed by atoms with Gasteiger partial charge < -0.3 is 15.3 Å². The predicted molar refractivity (Wildman–Crippen MR) is 112 cm³/mol. The number of benzene rings is 1. The molecule has 4 rings (SSSR count). The van der Waals surface area contributed by atoms with Crippen molar-refractivity contribution in [2.24, 2.45) is 0 Å². The quantitative estimate of drug-likeness (QED) is 0.628. The van der Waals surface area contributed by atoms with Gasteiger partial charge in [0.25, 0.3) is 16.5 Å². The second-order valence-corrected chi connectivity index (χ2v) is 8.43. The zero-order chi connectivity index (χ0) is 20.9. The number of hydrogen-bond acceptors (Lipinski definition) is 6. The maximum Gasteiger partial charge on any atom is 0.290 e. The zero-order valence-corrected chi connectivity index (χ0v) is 16.9. The summed E-state index contributed by atoms with van der Waals surface area (Å²) in [4.78, 5) is 15.4. The van der Waals surface area contributed by atoms with Gasteiger partial charge >= 0.3 is 0 Å². The lowest BCUT2D eigenvalue weighted by Gasteiger charge is -2.34. The van der Waals surface area contributed by atoms with E-state index in [0.29, 0.717) is 11.6 Å². The highest BCUT2D eigenvalue weighted by atomic mass is 32.2. The van der Waals surface area contributed by atoms with E-state index in [1.54, 1.807) is 42.7 Å². The molecule has 0 aliphatic carbocycles. The van der Waals surface area contributed by atoms with Crippen molar-refractivity contribution in [1.29, 1.82) is 0 Å². The minimum absolute atomic E-state index is 0.250. The average Bonchev–Trinajstić information content (AvgIpc) is 3.16. The van der Waals surface area contributed by atoms with E-state index in [2.05, 4.69) is 22.1 Å². The number of nitrogens with one attached hydrogen (secondary N) is 1. The molecule has 0 saturated carbocycles. The molecule has 1 unspecified atom stereocenters. The Balaban J connectivity index is 0.000000755. The number of carboxylic acid groups (broad SMARTS) is 1. The molecule has 1 atom stereocenters. The van der Waals surface area contributed by atoms with Gasteiger partial charge in [-0.15, -0.1) is 0 Å². The van der Waals surface area contributed by atoms with Crippen LogP contribution in [0.15, 0.2) is 59.8 Å². The van der Waals surface area contributed by atoms with E-state index in [-0.39, 0.29) is 11.4 Å². The van der Waals surface area contributed by atoms with Crippen molar-refractivity contribution < 1.29 is 18.3 Å². The highest BCUT2D eigenvalue weighted by Gasteiger charge is 2.26. The van der Waals surface area contributed by atoms with E-state index in [1.807, 2.05) is 12.1 Å². The molecule has 1 aromatic carbocycles. The van der Waals surface area contributed by atoms with Gasteiger partial charge in [0.1, 0.15) is 5.52 Å². The van der Waals surface area contributed by atoms with Gasteiger partial charge in [0.15, 0.2) is 0 Å². The molecule has 1 saturated heterocycles. The lowest BCUT2D eigenvalue weighted by atomic mass is 10.1. The Labute approximate surface area is 169 Å². The zero-order valence-electron chi connectivity index (χ0n) is 16.1. The van der Waals surface area contributed by atoms with Crippen molar-refractivity contribution in [3.05, 3.63) is 54.9 Å². The second kappa shape index (κ2) is 9.06. The van der Waals surface area contributed by atoms with Crippen molar-refractivity contribution >= 4 is 33.2 Å². The summed E-state index contributed by atoms with van der Waals surface area (Å²) in [6.45, 7) is 4.46. The normalized spacial score (nSPS) is 16.9. The maximum absolute atomic E-state index is 13.2. The Kier molecular flexibility index (Phi) is 6.50. The van der Waals surface area contributed by atoms with E-state index >= 15 is 0 Å². The maximum atomic E-state index is 13.2. The summed E-state index contributed by atoms with van der Waals surface area (Å²) in [5.74, 6) is 0. The number of piperazine rings is 1. The third-order valence-corrected chi connectivity index (χ3v) is 6.58. The number of pyridine rings is 1. The average molecular weight is 417 g/mol. The number of fused-ring (bicyclic) bond motifs is 1. The lowest BCUT2D eigenvalue weighted by Crippen LogP contribution is -2.50. The summed E-state index contributed by atoms with van der Waals surface area (Å²) >= 11 is 0. The van der Waals surface area contributed by atoms with Crippen molar-refractivity contribution in [2.45, 2.75) is 24.3 Å². The Morgan fingerprint density at radius 1 is 1.24 bits per heavy atom. The van der Waals surface area contributed by atoms with Gasteiger partial charge in [0.05, 0.1) is 16.1 Å². The Hall–Kier alpha value is -2.91. The summed E-state index contributed by atoms with van der Waals surface area (Å²) in [6, 6.07) is 12.5. The first-order chi connectivity index (χ1) is 14.0. The first kappa shape index (κ1) is 20.8. The van der Waals surface area contributed by atoms with Crippen LogP contribution in [0.5, 0.6) is 0 Å². The highest BCUT2D eigenvalue weighted by molar-refractivity contribution is 7.90. The van der Waals surface area contributed by atoms with Crippen LogP contribution in [0.4, 0.5) is 5.69 Å². The molecule has 8 nitrogen and oxygen atoms in total. The lowest BCUT2D eigenvalue weighted by molar-refractivity contribution is -0.122. The van der Waals surface area contributed by atoms with Crippen LogP contribution in [-0.4, -0.2) is 54.6 Å². The molecule has 1 aliphatic rings. The van der Waals surface area contributed by atoms with Crippen molar-refractivity contribution in [3.63, 3.8) is 0 Å². The van der Waals surface area contributed by atoms with Crippen molar-refractivity contribution in [3.8, 4) is 0 Å². The standard InChI is InChI=1S/C19H22N4O2S.CH2O2/c1-2-15-13-22(12-11-20-15)18-14-23(17-9-6-10-21-19(17)18)26(24,25)16-7-4-3-5-8-16;2-1-3/h3-10,14-15,20H,2,11-13H2,1H3;1H,(H,2,3). The van der Waals surface area contributed by atoms with Crippen LogP contribution in [0, 0.1) is 0 Å². The molecule has 29 heavy (non-hydrogen) atoms. The van der Waals surface area contributed by atoms with Gasteiger partial charge in [-0.2, -0.15) is 0 Å². The molecular formula is C20H24N4O4S. The molecule has 1 fully saturated rings. The molecule has 1 aliphatic heterocycles. The Morgan fingerprint density at radius 3 is 2.66 bits per heavy atom. The predicted octanol–water partition coefficient (Wildman–Crippen LogP) is 2.16. The van der Waals surface area contributed by atoms with E-state index in [1.165, 1.54) is 3.97 Å². The first-order valence-corrected chi connectivity index (χ1v) is 10.8. The third-order valence-electron chi connectivity index (χ3n) is 4.90. The summed E-state index contributed by atoms with van der Waals surface area (Å²) in [7, 11) is -3.67. The Bertz CT molecular complexity index is 1070. The first-order valence-electron chi connectivity index (χ1n) is 9.35. The smallest absolute Gasteiger partial charge is 0.290 e. The van der Waals surface area contributed by atoms with Crippen LogP contribution < -0.4 is 10.2 Å². The molecule has 2 aromatic heterocycles. The largest absolute Gasteiger partial charge is 0.483 e.